The first-order valence-corrected chi connectivity index (χ1v) is 9.76. The van der Waals surface area contributed by atoms with E-state index in [1.807, 2.05) is 31.2 Å². The van der Waals surface area contributed by atoms with Gasteiger partial charge in [-0.2, -0.15) is 0 Å². The highest BCUT2D eigenvalue weighted by Gasteiger charge is 2.27. The van der Waals surface area contributed by atoms with E-state index in [1.54, 1.807) is 6.92 Å². The Bertz CT molecular complexity index is 781. The van der Waals surface area contributed by atoms with Gasteiger partial charge in [0.05, 0.1) is 12.0 Å². The molecule has 0 spiro atoms. The van der Waals surface area contributed by atoms with Crippen LogP contribution in [0.4, 0.5) is 0 Å². The highest BCUT2D eigenvalue weighted by atomic mass is 16.5. The molecule has 0 aliphatic heterocycles. The molecule has 0 amide bonds. The number of carboxylic acid groups (broad SMARTS) is 1. The van der Waals surface area contributed by atoms with Crippen molar-refractivity contribution in [2.75, 3.05) is 6.61 Å². The van der Waals surface area contributed by atoms with Crippen LogP contribution in [0.5, 0.6) is 5.75 Å². The lowest BCUT2D eigenvalue weighted by molar-refractivity contribution is -0.146. The van der Waals surface area contributed by atoms with Crippen molar-refractivity contribution in [2.45, 2.75) is 52.2 Å². The molecule has 0 fully saturated rings. The van der Waals surface area contributed by atoms with Gasteiger partial charge in [-0.15, -0.1) is 0 Å². The third-order valence-corrected chi connectivity index (χ3v) is 5.37. The molecule has 4 nitrogen and oxygen atoms in total. The van der Waals surface area contributed by atoms with Crippen LogP contribution < -0.4 is 4.74 Å². The molecule has 144 valence electrons. The molecule has 27 heavy (non-hydrogen) atoms. The average molecular weight is 368 g/mol. The quantitative estimate of drug-likeness (QED) is 0.703. The summed E-state index contributed by atoms with van der Waals surface area (Å²) < 4.78 is 11.9. The summed E-state index contributed by atoms with van der Waals surface area (Å²) in [6, 6.07) is 14.1. The molecule has 0 bridgehead atoms. The Kier molecular flexibility index (Phi) is 6.17. The fraction of sp³-hybridized carbons (Fsp3) is 0.435. The summed E-state index contributed by atoms with van der Waals surface area (Å²) in [5.74, 6) is -0.661. The Labute approximate surface area is 161 Å². The van der Waals surface area contributed by atoms with Crippen LogP contribution in [-0.4, -0.2) is 17.7 Å². The summed E-state index contributed by atoms with van der Waals surface area (Å²) in [5, 5.41) is 9.32. The molecule has 0 aromatic heterocycles. The van der Waals surface area contributed by atoms with E-state index in [9.17, 15) is 9.90 Å². The third kappa shape index (κ3) is 4.16. The second-order valence-electron chi connectivity index (χ2n) is 7.06. The lowest BCUT2D eigenvalue weighted by Crippen LogP contribution is -2.21. The van der Waals surface area contributed by atoms with Gasteiger partial charge in [0.1, 0.15) is 11.9 Å². The van der Waals surface area contributed by atoms with Gasteiger partial charge in [0.2, 0.25) is 0 Å². The van der Waals surface area contributed by atoms with E-state index in [0.717, 1.165) is 30.6 Å². The van der Waals surface area contributed by atoms with Crippen molar-refractivity contribution in [2.24, 2.45) is 5.92 Å². The molecule has 1 aliphatic rings. The molecule has 2 unspecified atom stereocenters. The van der Waals surface area contributed by atoms with E-state index >= 15 is 0 Å². The molecule has 4 heteroatoms. The van der Waals surface area contributed by atoms with Crippen molar-refractivity contribution in [3.63, 3.8) is 0 Å². The van der Waals surface area contributed by atoms with Crippen molar-refractivity contribution in [3.05, 3.63) is 64.7 Å². The van der Waals surface area contributed by atoms with Gasteiger partial charge in [0, 0.05) is 6.61 Å². The Balaban J connectivity index is 1.75. The van der Waals surface area contributed by atoms with Gasteiger partial charge in [-0.1, -0.05) is 37.3 Å². The average Bonchev–Trinajstić information content (AvgIpc) is 3.09. The van der Waals surface area contributed by atoms with Gasteiger partial charge >= 0.3 is 5.97 Å². The molecule has 1 N–H and O–H groups in total. The van der Waals surface area contributed by atoms with Crippen molar-refractivity contribution in [1.29, 1.82) is 0 Å². The largest absolute Gasteiger partial charge is 0.486 e. The van der Waals surface area contributed by atoms with E-state index < -0.39 is 18.0 Å². The number of fused-ring (bicyclic) bond motifs is 1. The predicted octanol–water partition coefficient (Wildman–Crippen LogP) is 5.11. The molecular formula is C23H28O4. The third-order valence-electron chi connectivity index (χ3n) is 5.37. The zero-order valence-electron chi connectivity index (χ0n) is 16.3. The van der Waals surface area contributed by atoms with Crippen LogP contribution in [0.25, 0.3) is 0 Å². The first kappa shape index (κ1) is 19.4. The Morgan fingerprint density at radius 2 is 1.93 bits per heavy atom. The standard InChI is InChI=1S/C23H28O4/c1-4-16-7-6-8-20-19(16)13-14-21(20)27-18-11-9-17(10-12-18)22(26-5-2)15(3)23(24)25/h6-12,15,21-22H,4-5,13-14H2,1-3H3,(H,24,25)/t15?,21?,22-/m0/s1. The minimum atomic E-state index is -0.858. The summed E-state index contributed by atoms with van der Waals surface area (Å²) >= 11 is 0. The minimum Gasteiger partial charge on any atom is -0.486 e. The van der Waals surface area contributed by atoms with Crippen LogP contribution in [0.1, 0.15) is 61.7 Å². The fourth-order valence-electron chi connectivity index (χ4n) is 3.88. The number of carbonyl (C=O) groups is 1. The van der Waals surface area contributed by atoms with E-state index in [1.165, 1.54) is 16.7 Å². The molecule has 3 rings (SSSR count). The van der Waals surface area contributed by atoms with Gasteiger partial charge in [0.15, 0.2) is 0 Å². The summed E-state index contributed by atoms with van der Waals surface area (Å²) in [4.78, 5) is 11.4. The second kappa shape index (κ2) is 8.57. The fourth-order valence-corrected chi connectivity index (χ4v) is 3.88. The number of carboxylic acids is 1. The van der Waals surface area contributed by atoms with E-state index in [4.69, 9.17) is 9.47 Å². The molecule has 3 atom stereocenters. The lowest BCUT2D eigenvalue weighted by Gasteiger charge is -2.22. The number of benzene rings is 2. The molecule has 0 radical (unpaired) electrons. The molecule has 0 saturated carbocycles. The normalized spacial score (nSPS) is 18.0. The monoisotopic (exact) mass is 368 g/mol. The zero-order chi connectivity index (χ0) is 19.4. The highest BCUT2D eigenvalue weighted by Crippen LogP contribution is 2.37. The lowest BCUT2D eigenvalue weighted by atomic mass is 9.97. The van der Waals surface area contributed by atoms with Crippen LogP contribution in [0, 0.1) is 5.92 Å². The summed E-state index contributed by atoms with van der Waals surface area (Å²) in [7, 11) is 0. The molecule has 1 aliphatic carbocycles. The van der Waals surface area contributed by atoms with Crippen molar-refractivity contribution >= 4 is 5.97 Å². The van der Waals surface area contributed by atoms with Crippen molar-refractivity contribution in [3.8, 4) is 5.75 Å². The number of ether oxygens (including phenoxy) is 2. The van der Waals surface area contributed by atoms with Gasteiger partial charge in [-0.3, -0.25) is 4.79 Å². The molecule has 0 heterocycles. The summed E-state index contributed by atoms with van der Waals surface area (Å²) in [5.41, 5.74) is 5.01. The van der Waals surface area contributed by atoms with Gasteiger partial charge in [-0.25, -0.2) is 0 Å². The Morgan fingerprint density at radius 1 is 1.19 bits per heavy atom. The molecular weight excluding hydrogens is 340 g/mol. The van der Waals surface area contributed by atoms with Crippen molar-refractivity contribution in [1.82, 2.24) is 0 Å². The first-order valence-electron chi connectivity index (χ1n) is 9.76. The SMILES string of the molecule is CCO[C@H](c1ccc(OC2CCc3c(CC)cccc32)cc1)C(C)C(=O)O. The smallest absolute Gasteiger partial charge is 0.309 e. The maximum Gasteiger partial charge on any atom is 0.309 e. The zero-order valence-corrected chi connectivity index (χ0v) is 16.3. The second-order valence-corrected chi connectivity index (χ2v) is 7.06. The topological polar surface area (TPSA) is 55.8 Å². The van der Waals surface area contributed by atoms with Gasteiger partial charge < -0.3 is 14.6 Å². The number of hydrogen-bond donors (Lipinski definition) is 1. The van der Waals surface area contributed by atoms with E-state index in [0.29, 0.717) is 6.61 Å². The van der Waals surface area contributed by atoms with Crippen LogP contribution >= 0.6 is 0 Å². The van der Waals surface area contributed by atoms with Crippen LogP contribution in [0.15, 0.2) is 42.5 Å². The number of aryl methyl sites for hydroxylation is 1. The maximum absolute atomic E-state index is 11.4. The van der Waals surface area contributed by atoms with Crippen LogP contribution in [0.3, 0.4) is 0 Å². The number of hydrogen-bond acceptors (Lipinski definition) is 3. The van der Waals surface area contributed by atoms with Gasteiger partial charge in [0.25, 0.3) is 0 Å². The predicted molar refractivity (Wildman–Crippen MR) is 105 cm³/mol. The van der Waals surface area contributed by atoms with Gasteiger partial charge in [-0.05, 0) is 67.5 Å². The number of rotatable bonds is 8. The van der Waals surface area contributed by atoms with Crippen LogP contribution in [0.2, 0.25) is 0 Å². The van der Waals surface area contributed by atoms with Crippen molar-refractivity contribution < 1.29 is 19.4 Å². The van der Waals surface area contributed by atoms with E-state index in [-0.39, 0.29) is 6.10 Å². The Morgan fingerprint density at radius 3 is 2.56 bits per heavy atom. The minimum absolute atomic E-state index is 0.0815. The maximum atomic E-state index is 11.4. The first-order chi connectivity index (χ1) is 13.0. The molecule has 2 aromatic rings. The van der Waals surface area contributed by atoms with E-state index in [2.05, 4.69) is 25.1 Å². The number of aliphatic carboxylic acids is 1. The molecule has 0 saturated heterocycles. The summed E-state index contributed by atoms with van der Waals surface area (Å²) in [6.45, 7) is 6.21. The van der Waals surface area contributed by atoms with Crippen LogP contribution in [-0.2, 0) is 22.4 Å². The Hall–Kier alpha value is -2.33. The summed E-state index contributed by atoms with van der Waals surface area (Å²) in [6.07, 6.45) is 2.72. The highest BCUT2D eigenvalue weighted by molar-refractivity contribution is 5.70. The molecule has 2 aromatic carbocycles.